The smallest absolute Gasteiger partial charge is 0.332 e. The topological polar surface area (TPSA) is 108 Å². The van der Waals surface area contributed by atoms with Gasteiger partial charge in [-0.3, -0.25) is 18.7 Å². The molecule has 28 heavy (non-hydrogen) atoms. The Labute approximate surface area is 168 Å². The molecular formula is C19H36N4O4Si. The van der Waals surface area contributed by atoms with E-state index in [0.717, 1.165) is 41.4 Å². The van der Waals surface area contributed by atoms with Crippen LogP contribution in [0.1, 0.15) is 52.9 Å². The molecule has 0 aliphatic heterocycles. The third kappa shape index (κ3) is 6.06. The van der Waals surface area contributed by atoms with Crippen molar-refractivity contribution in [2.24, 2.45) is 14.1 Å². The second-order valence-corrected chi connectivity index (χ2v) is 13.6. The average molecular weight is 413 g/mol. The van der Waals surface area contributed by atoms with E-state index in [2.05, 4.69) is 39.2 Å². The van der Waals surface area contributed by atoms with Crippen LogP contribution in [-0.4, -0.2) is 30.0 Å². The average Bonchev–Trinajstić information content (AvgIpc) is 2.60. The molecular weight excluding hydrogens is 376 g/mol. The first-order chi connectivity index (χ1) is 12.8. The number of nitrogens with two attached hydrogens (primary N) is 1. The van der Waals surface area contributed by atoms with Crippen LogP contribution in [0, 0.1) is 0 Å². The fourth-order valence-electron chi connectivity index (χ4n) is 2.46. The number of rotatable bonds is 9. The van der Waals surface area contributed by atoms with Crippen LogP contribution in [0.5, 0.6) is 0 Å². The summed E-state index contributed by atoms with van der Waals surface area (Å²) >= 11 is 0. The quantitative estimate of drug-likeness (QED) is 0.479. The first-order valence-corrected chi connectivity index (χ1v) is 12.7. The van der Waals surface area contributed by atoms with Crippen LogP contribution in [0.3, 0.4) is 0 Å². The minimum atomic E-state index is -1.69. The fourth-order valence-corrected chi connectivity index (χ4v) is 3.55. The molecule has 0 saturated heterocycles. The van der Waals surface area contributed by atoms with Crippen LogP contribution in [-0.2, 0) is 23.3 Å². The standard InChI is InChI=1S/C19H36N4O4Si/c1-19(2,3)28(6,7)27-13-11-9-8-10-12-14(24)21-15-16(20)22(4)18(26)23(5)17(15)25/h8-13,20H2,1-7H3,(H,21,24). The van der Waals surface area contributed by atoms with Gasteiger partial charge in [0, 0.05) is 27.1 Å². The number of nitrogens with zero attached hydrogens (tertiary/aromatic N) is 2. The SMILES string of the molecule is Cn1c(N)c(NC(=O)CCCCCCO[Si](C)(C)C(C)(C)C)c(=O)n(C)c1=O. The number of nitrogen functional groups attached to an aromatic ring is 1. The van der Waals surface area contributed by atoms with Gasteiger partial charge in [0.15, 0.2) is 8.32 Å². The molecule has 1 aromatic heterocycles. The van der Waals surface area contributed by atoms with Crippen molar-refractivity contribution >= 4 is 25.7 Å². The van der Waals surface area contributed by atoms with Crippen LogP contribution in [0.15, 0.2) is 9.59 Å². The van der Waals surface area contributed by atoms with E-state index in [1.54, 1.807) is 0 Å². The van der Waals surface area contributed by atoms with E-state index in [-0.39, 0.29) is 22.5 Å². The van der Waals surface area contributed by atoms with Gasteiger partial charge in [0.1, 0.15) is 11.5 Å². The van der Waals surface area contributed by atoms with Gasteiger partial charge in [0.25, 0.3) is 5.56 Å². The minimum absolute atomic E-state index is 0.0378. The molecule has 1 heterocycles. The van der Waals surface area contributed by atoms with E-state index in [9.17, 15) is 14.4 Å². The summed E-state index contributed by atoms with van der Waals surface area (Å²) in [7, 11) is 1.12. The second kappa shape index (κ2) is 9.55. The van der Waals surface area contributed by atoms with Crippen molar-refractivity contribution in [3.63, 3.8) is 0 Å². The molecule has 8 nitrogen and oxygen atoms in total. The molecule has 0 atom stereocenters. The lowest BCUT2D eigenvalue weighted by molar-refractivity contribution is -0.116. The molecule has 0 fully saturated rings. The van der Waals surface area contributed by atoms with Crippen molar-refractivity contribution in [1.29, 1.82) is 0 Å². The molecule has 0 aliphatic carbocycles. The number of anilines is 2. The van der Waals surface area contributed by atoms with Gasteiger partial charge in [-0.05, 0) is 31.0 Å². The fraction of sp³-hybridized carbons (Fsp3) is 0.737. The summed E-state index contributed by atoms with van der Waals surface area (Å²) in [5.41, 5.74) is 4.63. The van der Waals surface area contributed by atoms with E-state index in [4.69, 9.17) is 10.2 Å². The van der Waals surface area contributed by atoms with Crippen molar-refractivity contribution in [1.82, 2.24) is 9.13 Å². The second-order valence-electron chi connectivity index (χ2n) is 8.79. The van der Waals surface area contributed by atoms with Gasteiger partial charge in [-0.2, -0.15) is 0 Å². The predicted molar refractivity (Wildman–Crippen MR) is 116 cm³/mol. The Balaban J connectivity index is 2.40. The van der Waals surface area contributed by atoms with Gasteiger partial charge in [-0.25, -0.2) is 4.79 Å². The first kappa shape index (κ1) is 24.2. The van der Waals surface area contributed by atoms with Crippen molar-refractivity contribution < 1.29 is 9.22 Å². The molecule has 1 aromatic rings. The molecule has 1 rings (SSSR count). The zero-order valence-electron chi connectivity index (χ0n) is 18.3. The monoisotopic (exact) mass is 412 g/mol. The van der Waals surface area contributed by atoms with Crippen LogP contribution in [0.4, 0.5) is 11.5 Å². The van der Waals surface area contributed by atoms with Crippen LogP contribution in [0.2, 0.25) is 18.1 Å². The molecule has 0 spiro atoms. The van der Waals surface area contributed by atoms with Gasteiger partial charge in [-0.1, -0.05) is 33.6 Å². The molecule has 0 aromatic carbocycles. The Hall–Kier alpha value is -1.87. The largest absolute Gasteiger partial charge is 0.417 e. The van der Waals surface area contributed by atoms with E-state index in [1.165, 1.54) is 14.1 Å². The lowest BCUT2D eigenvalue weighted by Crippen LogP contribution is -2.40. The zero-order chi connectivity index (χ0) is 21.7. The Morgan fingerprint density at radius 3 is 2.21 bits per heavy atom. The lowest BCUT2D eigenvalue weighted by Gasteiger charge is -2.36. The highest BCUT2D eigenvalue weighted by atomic mass is 28.4. The maximum absolute atomic E-state index is 12.1. The van der Waals surface area contributed by atoms with Crippen molar-refractivity contribution in [3.05, 3.63) is 20.8 Å². The summed E-state index contributed by atoms with van der Waals surface area (Å²) in [6.45, 7) is 11.9. The minimum Gasteiger partial charge on any atom is -0.417 e. The van der Waals surface area contributed by atoms with Gasteiger partial charge >= 0.3 is 5.69 Å². The molecule has 0 saturated carbocycles. The van der Waals surface area contributed by atoms with Crippen LogP contribution >= 0.6 is 0 Å². The van der Waals surface area contributed by atoms with E-state index in [1.807, 2.05) is 0 Å². The summed E-state index contributed by atoms with van der Waals surface area (Å²) in [5.74, 6) is -0.316. The van der Waals surface area contributed by atoms with E-state index in [0.29, 0.717) is 6.42 Å². The number of nitrogens with one attached hydrogen (secondary N) is 1. The van der Waals surface area contributed by atoms with Gasteiger partial charge in [0.2, 0.25) is 5.91 Å². The third-order valence-electron chi connectivity index (χ3n) is 5.54. The summed E-state index contributed by atoms with van der Waals surface area (Å²) in [4.78, 5) is 36.1. The highest BCUT2D eigenvalue weighted by Crippen LogP contribution is 2.36. The number of hydrogen-bond acceptors (Lipinski definition) is 5. The number of aromatic nitrogens is 2. The lowest BCUT2D eigenvalue weighted by atomic mass is 10.1. The molecule has 3 N–H and O–H groups in total. The molecule has 9 heteroatoms. The van der Waals surface area contributed by atoms with Gasteiger partial charge < -0.3 is 15.5 Å². The molecule has 0 bridgehead atoms. The zero-order valence-corrected chi connectivity index (χ0v) is 19.3. The maximum atomic E-state index is 12.1. The van der Waals surface area contributed by atoms with Gasteiger partial charge in [-0.15, -0.1) is 0 Å². The first-order valence-electron chi connectivity index (χ1n) is 9.79. The number of carbonyl (C=O) groups is 1. The summed E-state index contributed by atoms with van der Waals surface area (Å²) in [5, 5.41) is 2.76. The van der Waals surface area contributed by atoms with Gasteiger partial charge in [0.05, 0.1) is 0 Å². The molecule has 1 amide bonds. The summed E-state index contributed by atoms with van der Waals surface area (Å²) in [6.07, 6.45) is 3.90. The number of hydrogen-bond donors (Lipinski definition) is 2. The van der Waals surface area contributed by atoms with E-state index < -0.39 is 19.6 Å². The Morgan fingerprint density at radius 2 is 1.64 bits per heavy atom. The number of amides is 1. The van der Waals surface area contributed by atoms with Crippen molar-refractivity contribution in [2.45, 2.75) is 71.0 Å². The summed E-state index contributed by atoms with van der Waals surface area (Å²) in [6, 6.07) is 0. The highest BCUT2D eigenvalue weighted by Gasteiger charge is 2.36. The predicted octanol–water partition coefficient (Wildman–Crippen LogP) is 2.58. The Kier molecular flexibility index (Phi) is 8.25. The van der Waals surface area contributed by atoms with Crippen molar-refractivity contribution in [3.8, 4) is 0 Å². The Bertz CT molecular complexity index is 806. The van der Waals surface area contributed by atoms with Crippen molar-refractivity contribution in [2.75, 3.05) is 17.7 Å². The Morgan fingerprint density at radius 1 is 1.07 bits per heavy atom. The third-order valence-corrected chi connectivity index (χ3v) is 10.1. The molecule has 0 unspecified atom stereocenters. The van der Waals surface area contributed by atoms with Crippen LogP contribution < -0.4 is 22.3 Å². The highest BCUT2D eigenvalue weighted by molar-refractivity contribution is 6.74. The number of unbranched alkanes of at least 4 members (excludes halogenated alkanes) is 3. The van der Waals surface area contributed by atoms with E-state index >= 15 is 0 Å². The summed E-state index contributed by atoms with van der Waals surface area (Å²) < 4.78 is 8.20. The maximum Gasteiger partial charge on any atom is 0.332 e. The number of carbonyl (C=O) groups excluding carboxylic acids is 1. The normalized spacial score (nSPS) is 12.2. The van der Waals surface area contributed by atoms with Crippen LogP contribution in [0.25, 0.3) is 0 Å². The molecule has 0 radical (unpaired) electrons. The molecule has 160 valence electrons. The molecule has 0 aliphatic rings.